The predicted molar refractivity (Wildman–Crippen MR) is 145 cm³/mol. The van der Waals surface area contributed by atoms with Crippen molar-refractivity contribution in [3.05, 3.63) is 101 Å². The minimum atomic E-state index is -0.673. The highest BCUT2D eigenvalue weighted by Gasteiger charge is 2.32. The first kappa shape index (κ1) is 27.3. The van der Waals surface area contributed by atoms with Gasteiger partial charge in [0.1, 0.15) is 11.8 Å². The molecule has 0 aliphatic carbocycles. The molecule has 0 saturated heterocycles. The molecular weight excluding hydrogens is 472 g/mol. The Labute approximate surface area is 219 Å². The summed E-state index contributed by atoms with van der Waals surface area (Å²) in [6, 6.07) is 26.1. The van der Waals surface area contributed by atoms with E-state index in [9.17, 15) is 9.59 Å². The molecule has 3 aromatic carbocycles. The molecule has 0 aromatic heterocycles. The van der Waals surface area contributed by atoms with Gasteiger partial charge in [0.2, 0.25) is 11.8 Å². The van der Waals surface area contributed by atoms with Crippen LogP contribution in [0.2, 0.25) is 5.02 Å². The maximum Gasteiger partial charge on any atom is 0.243 e. The SMILES string of the molecule is CC(C)(C)NC(=O)[C@H](Cc1ccccc1)N(Cc1cccc(Cl)c1)C(=O)CCCOc1ccccc1. The van der Waals surface area contributed by atoms with E-state index in [0.717, 1.165) is 16.9 Å². The van der Waals surface area contributed by atoms with Crippen molar-refractivity contribution in [2.75, 3.05) is 6.61 Å². The molecule has 0 aliphatic heterocycles. The fourth-order valence-electron chi connectivity index (χ4n) is 3.91. The Bertz CT molecular complexity index is 1110. The van der Waals surface area contributed by atoms with Gasteiger partial charge in [-0.25, -0.2) is 0 Å². The lowest BCUT2D eigenvalue weighted by atomic mass is 10.00. The molecular formula is C30H35ClN2O3. The van der Waals surface area contributed by atoms with Crippen LogP contribution in [0.25, 0.3) is 0 Å². The Morgan fingerprint density at radius 2 is 1.56 bits per heavy atom. The third kappa shape index (κ3) is 9.04. The first-order chi connectivity index (χ1) is 17.2. The smallest absolute Gasteiger partial charge is 0.243 e. The van der Waals surface area contributed by atoms with E-state index in [1.165, 1.54) is 0 Å². The largest absolute Gasteiger partial charge is 0.494 e. The van der Waals surface area contributed by atoms with E-state index in [1.54, 1.807) is 11.0 Å². The van der Waals surface area contributed by atoms with Gasteiger partial charge in [-0.3, -0.25) is 9.59 Å². The number of benzene rings is 3. The number of carbonyl (C=O) groups excluding carboxylic acids is 2. The molecule has 0 bridgehead atoms. The van der Waals surface area contributed by atoms with Gasteiger partial charge in [-0.05, 0) is 62.6 Å². The first-order valence-electron chi connectivity index (χ1n) is 12.3. The van der Waals surface area contributed by atoms with Crippen LogP contribution >= 0.6 is 11.6 Å². The maximum absolute atomic E-state index is 13.6. The molecule has 0 spiro atoms. The van der Waals surface area contributed by atoms with Gasteiger partial charge in [-0.2, -0.15) is 0 Å². The number of para-hydroxylation sites is 1. The molecule has 0 aliphatic rings. The van der Waals surface area contributed by atoms with Crippen LogP contribution in [0.1, 0.15) is 44.7 Å². The van der Waals surface area contributed by atoms with Crippen molar-refractivity contribution in [2.24, 2.45) is 0 Å². The number of rotatable bonds is 11. The summed E-state index contributed by atoms with van der Waals surface area (Å²) in [7, 11) is 0. The number of nitrogens with zero attached hydrogens (tertiary/aromatic N) is 1. The summed E-state index contributed by atoms with van der Waals surface area (Å²) in [4.78, 5) is 28.8. The third-order valence-electron chi connectivity index (χ3n) is 5.56. The highest BCUT2D eigenvalue weighted by molar-refractivity contribution is 6.30. The molecule has 0 unspecified atom stereocenters. The Morgan fingerprint density at radius 3 is 2.19 bits per heavy atom. The molecule has 1 N–H and O–H groups in total. The second-order valence-corrected chi connectivity index (χ2v) is 10.3. The van der Waals surface area contributed by atoms with E-state index in [2.05, 4.69) is 5.32 Å². The monoisotopic (exact) mass is 506 g/mol. The van der Waals surface area contributed by atoms with Crippen molar-refractivity contribution in [3.63, 3.8) is 0 Å². The van der Waals surface area contributed by atoms with Gasteiger partial charge in [0.05, 0.1) is 6.61 Å². The molecule has 0 heterocycles. The van der Waals surface area contributed by atoms with Crippen LogP contribution < -0.4 is 10.1 Å². The quantitative estimate of drug-likeness (QED) is 0.322. The molecule has 36 heavy (non-hydrogen) atoms. The molecule has 3 rings (SSSR count). The van der Waals surface area contributed by atoms with Crippen LogP contribution in [-0.4, -0.2) is 34.9 Å². The summed E-state index contributed by atoms with van der Waals surface area (Å²) < 4.78 is 5.77. The number of ether oxygens (including phenoxy) is 1. The molecule has 190 valence electrons. The van der Waals surface area contributed by atoms with Gasteiger partial charge >= 0.3 is 0 Å². The lowest BCUT2D eigenvalue weighted by Gasteiger charge is -2.34. The first-order valence-corrected chi connectivity index (χ1v) is 12.7. The molecule has 5 nitrogen and oxygen atoms in total. The van der Waals surface area contributed by atoms with Crippen LogP contribution in [0.3, 0.4) is 0 Å². The lowest BCUT2D eigenvalue weighted by molar-refractivity contribution is -0.142. The minimum Gasteiger partial charge on any atom is -0.494 e. The summed E-state index contributed by atoms with van der Waals surface area (Å²) >= 11 is 6.23. The summed E-state index contributed by atoms with van der Waals surface area (Å²) in [6.45, 7) is 6.52. The fraction of sp³-hybridized carbons (Fsp3) is 0.333. The zero-order valence-corrected chi connectivity index (χ0v) is 22.0. The van der Waals surface area contributed by atoms with Crippen LogP contribution in [0, 0.1) is 0 Å². The van der Waals surface area contributed by atoms with Crippen molar-refractivity contribution in [2.45, 2.75) is 58.2 Å². The van der Waals surface area contributed by atoms with Crippen LogP contribution in [-0.2, 0) is 22.6 Å². The summed E-state index contributed by atoms with van der Waals surface area (Å²) in [6.07, 6.45) is 1.22. The van der Waals surface area contributed by atoms with Gasteiger partial charge in [-0.15, -0.1) is 0 Å². The van der Waals surface area contributed by atoms with E-state index in [4.69, 9.17) is 16.3 Å². The zero-order chi connectivity index (χ0) is 26.0. The molecule has 1 atom stereocenters. The topological polar surface area (TPSA) is 58.6 Å². The van der Waals surface area contributed by atoms with Gasteiger partial charge in [-0.1, -0.05) is 72.3 Å². The molecule has 3 aromatic rings. The third-order valence-corrected chi connectivity index (χ3v) is 5.79. The summed E-state index contributed by atoms with van der Waals surface area (Å²) in [5.41, 5.74) is 1.43. The van der Waals surface area contributed by atoms with Crippen molar-refractivity contribution < 1.29 is 14.3 Å². The van der Waals surface area contributed by atoms with Gasteiger partial charge in [0.15, 0.2) is 0 Å². The van der Waals surface area contributed by atoms with Gasteiger partial charge in [0, 0.05) is 29.9 Å². The van der Waals surface area contributed by atoms with E-state index < -0.39 is 11.6 Å². The number of hydrogen-bond acceptors (Lipinski definition) is 3. The van der Waals surface area contributed by atoms with Crippen molar-refractivity contribution >= 4 is 23.4 Å². The zero-order valence-electron chi connectivity index (χ0n) is 21.2. The lowest BCUT2D eigenvalue weighted by Crippen LogP contribution is -2.54. The molecule has 6 heteroatoms. The number of carbonyl (C=O) groups is 2. The Balaban J connectivity index is 1.82. The van der Waals surface area contributed by atoms with Crippen molar-refractivity contribution in [1.29, 1.82) is 0 Å². The Morgan fingerprint density at radius 1 is 0.917 bits per heavy atom. The Kier molecular flexibility index (Phi) is 9.95. The van der Waals surface area contributed by atoms with E-state index in [1.807, 2.05) is 99.6 Å². The maximum atomic E-state index is 13.6. The summed E-state index contributed by atoms with van der Waals surface area (Å²) in [5, 5.41) is 3.67. The van der Waals surface area contributed by atoms with E-state index in [-0.39, 0.29) is 24.8 Å². The van der Waals surface area contributed by atoms with Gasteiger partial charge < -0.3 is 15.0 Å². The predicted octanol–water partition coefficient (Wildman–Crippen LogP) is 6.05. The number of nitrogens with one attached hydrogen (secondary N) is 1. The van der Waals surface area contributed by atoms with Crippen LogP contribution in [0.4, 0.5) is 0 Å². The molecule has 0 radical (unpaired) electrons. The highest BCUT2D eigenvalue weighted by atomic mass is 35.5. The minimum absolute atomic E-state index is 0.100. The molecule has 0 saturated carbocycles. The summed E-state index contributed by atoms with van der Waals surface area (Å²) in [5.74, 6) is 0.492. The van der Waals surface area contributed by atoms with Crippen molar-refractivity contribution in [1.82, 2.24) is 10.2 Å². The molecule has 0 fully saturated rings. The van der Waals surface area contributed by atoms with E-state index >= 15 is 0 Å². The second kappa shape index (κ2) is 13.1. The standard InChI is InChI=1S/C30H35ClN2O3/c1-30(2,3)32-29(35)27(21-23-12-6-4-7-13-23)33(22-24-14-10-15-25(31)20-24)28(34)18-11-19-36-26-16-8-5-9-17-26/h4-10,12-17,20,27H,11,18-19,21-22H2,1-3H3,(H,32,35)/t27-/m0/s1. The number of hydrogen-bond donors (Lipinski definition) is 1. The molecule has 2 amide bonds. The fourth-order valence-corrected chi connectivity index (χ4v) is 4.13. The van der Waals surface area contributed by atoms with Gasteiger partial charge in [0.25, 0.3) is 0 Å². The van der Waals surface area contributed by atoms with E-state index in [0.29, 0.717) is 24.5 Å². The van der Waals surface area contributed by atoms with Crippen LogP contribution in [0.5, 0.6) is 5.75 Å². The average Bonchev–Trinajstić information content (AvgIpc) is 2.84. The number of amides is 2. The van der Waals surface area contributed by atoms with Crippen molar-refractivity contribution in [3.8, 4) is 5.75 Å². The number of halogens is 1. The normalized spacial score (nSPS) is 12.0. The van der Waals surface area contributed by atoms with Crippen LogP contribution in [0.15, 0.2) is 84.9 Å². The average molecular weight is 507 g/mol. The highest BCUT2D eigenvalue weighted by Crippen LogP contribution is 2.19. The second-order valence-electron chi connectivity index (χ2n) is 9.86. The Hall–Kier alpha value is -3.31.